The molecule has 2 heterocycles. The first kappa shape index (κ1) is 22.8. The zero-order valence-electron chi connectivity index (χ0n) is 18.9. The minimum atomic E-state index is -0.422. The highest BCUT2D eigenvalue weighted by Crippen LogP contribution is 2.28. The second-order valence-electron chi connectivity index (χ2n) is 8.84. The van der Waals surface area contributed by atoms with Gasteiger partial charge in [-0.1, -0.05) is 6.42 Å². The van der Waals surface area contributed by atoms with Gasteiger partial charge in [-0.3, -0.25) is 14.7 Å². The van der Waals surface area contributed by atoms with Gasteiger partial charge in [0, 0.05) is 84.5 Å². The van der Waals surface area contributed by atoms with Gasteiger partial charge in [-0.25, -0.2) is 8.78 Å². The number of nitrogens with one attached hydrogen (secondary N) is 1. The highest BCUT2D eigenvalue weighted by molar-refractivity contribution is 5.80. The summed E-state index contributed by atoms with van der Waals surface area (Å²) in [4.78, 5) is 25.2. The van der Waals surface area contributed by atoms with Crippen LogP contribution in [0.2, 0.25) is 0 Å². The van der Waals surface area contributed by atoms with Gasteiger partial charge in [-0.15, -0.1) is 0 Å². The van der Waals surface area contributed by atoms with E-state index in [1.54, 1.807) is 7.05 Å². The van der Waals surface area contributed by atoms with Gasteiger partial charge >= 0.3 is 0 Å². The molecule has 1 aromatic rings. The number of guanidine groups is 1. The maximum absolute atomic E-state index is 14.1. The van der Waals surface area contributed by atoms with Crippen LogP contribution in [0, 0.1) is 17.6 Å². The van der Waals surface area contributed by atoms with Crippen molar-refractivity contribution in [3.05, 3.63) is 29.8 Å². The van der Waals surface area contributed by atoms with E-state index in [0.717, 1.165) is 64.1 Å². The predicted octanol–water partition coefficient (Wildman–Crippen LogP) is 1.61. The van der Waals surface area contributed by atoms with Crippen molar-refractivity contribution >= 4 is 17.6 Å². The molecule has 1 N–H and O–H groups in total. The molecule has 1 aliphatic carbocycles. The lowest BCUT2D eigenvalue weighted by atomic mass is 9.84. The second-order valence-corrected chi connectivity index (χ2v) is 8.84. The summed E-state index contributed by atoms with van der Waals surface area (Å²) in [6, 6.07) is 3.59. The summed E-state index contributed by atoms with van der Waals surface area (Å²) in [5.41, 5.74) is 0.322. The Morgan fingerprint density at radius 2 is 1.72 bits per heavy atom. The van der Waals surface area contributed by atoms with Gasteiger partial charge in [-0.05, 0) is 25.0 Å². The summed E-state index contributed by atoms with van der Waals surface area (Å²) in [6.07, 6.45) is 3.32. The number of halogens is 2. The van der Waals surface area contributed by atoms with Gasteiger partial charge in [0.1, 0.15) is 11.6 Å². The van der Waals surface area contributed by atoms with Crippen molar-refractivity contribution in [2.45, 2.75) is 19.3 Å². The SMILES string of the molecule is CN=C(NCCN1CCN(C(=O)C2CCC2)CC1)N1CCN(c2cc(F)ccc2F)CC1. The molecule has 0 aromatic heterocycles. The van der Waals surface area contributed by atoms with Gasteiger partial charge in [0.15, 0.2) is 5.96 Å². The molecule has 3 fully saturated rings. The number of piperazine rings is 2. The van der Waals surface area contributed by atoms with Crippen LogP contribution in [-0.2, 0) is 4.79 Å². The number of carbonyl (C=O) groups excluding carboxylic acids is 1. The molecule has 0 bridgehead atoms. The summed E-state index contributed by atoms with van der Waals surface area (Å²) in [5, 5.41) is 3.43. The number of carbonyl (C=O) groups is 1. The molecule has 1 saturated carbocycles. The highest BCUT2D eigenvalue weighted by atomic mass is 19.1. The Balaban J connectivity index is 1.17. The molecule has 176 valence electrons. The van der Waals surface area contributed by atoms with Crippen molar-refractivity contribution in [2.24, 2.45) is 10.9 Å². The minimum absolute atomic E-state index is 0.282. The zero-order chi connectivity index (χ0) is 22.5. The highest BCUT2D eigenvalue weighted by Gasteiger charge is 2.31. The molecule has 2 saturated heterocycles. The Bertz CT molecular complexity index is 815. The van der Waals surface area contributed by atoms with E-state index in [1.165, 1.54) is 18.6 Å². The van der Waals surface area contributed by atoms with Gasteiger partial charge < -0.3 is 20.0 Å². The number of benzene rings is 1. The van der Waals surface area contributed by atoms with E-state index in [2.05, 4.69) is 20.1 Å². The number of hydrogen-bond acceptors (Lipinski definition) is 4. The van der Waals surface area contributed by atoms with E-state index in [1.807, 2.05) is 9.80 Å². The Morgan fingerprint density at radius 1 is 1.03 bits per heavy atom. The molecule has 3 aliphatic rings. The van der Waals surface area contributed by atoms with Crippen molar-refractivity contribution in [1.82, 2.24) is 20.0 Å². The molecular formula is C23H34F2N6O. The van der Waals surface area contributed by atoms with Gasteiger partial charge in [0.05, 0.1) is 5.69 Å². The molecule has 4 rings (SSSR count). The van der Waals surface area contributed by atoms with E-state index in [4.69, 9.17) is 0 Å². The van der Waals surface area contributed by atoms with E-state index >= 15 is 0 Å². The van der Waals surface area contributed by atoms with Crippen LogP contribution in [0.15, 0.2) is 23.2 Å². The van der Waals surface area contributed by atoms with Crippen molar-refractivity contribution < 1.29 is 13.6 Å². The summed E-state index contributed by atoms with van der Waals surface area (Å²) >= 11 is 0. The van der Waals surface area contributed by atoms with Crippen LogP contribution in [0.1, 0.15) is 19.3 Å². The molecule has 0 unspecified atom stereocenters. The van der Waals surface area contributed by atoms with Crippen LogP contribution in [0.3, 0.4) is 0 Å². The Hall–Kier alpha value is -2.42. The molecular weight excluding hydrogens is 414 g/mol. The maximum atomic E-state index is 14.1. The number of nitrogens with zero attached hydrogens (tertiary/aromatic N) is 5. The number of rotatable bonds is 5. The lowest BCUT2D eigenvalue weighted by Crippen LogP contribution is -2.55. The van der Waals surface area contributed by atoms with E-state index in [-0.39, 0.29) is 5.92 Å². The first-order valence-electron chi connectivity index (χ1n) is 11.7. The third kappa shape index (κ3) is 5.31. The molecule has 0 spiro atoms. The van der Waals surface area contributed by atoms with Crippen molar-refractivity contribution in [3.8, 4) is 0 Å². The topological polar surface area (TPSA) is 54.4 Å². The number of hydrogen-bond donors (Lipinski definition) is 1. The van der Waals surface area contributed by atoms with E-state index in [9.17, 15) is 13.6 Å². The molecule has 0 radical (unpaired) electrons. The smallest absolute Gasteiger partial charge is 0.225 e. The van der Waals surface area contributed by atoms with Gasteiger partial charge in [0.25, 0.3) is 0 Å². The number of anilines is 1. The quantitative estimate of drug-likeness (QED) is 0.548. The molecule has 2 aliphatic heterocycles. The Kier molecular flexibility index (Phi) is 7.44. The molecule has 1 amide bonds. The summed E-state index contributed by atoms with van der Waals surface area (Å²) in [7, 11) is 1.77. The summed E-state index contributed by atoms with van der Waals surface area (Å²) < 4.78 is 27.6. The average Bonchev–Trinajstić information content (AvgIpc) is 2.78. The molecule has 9 heteroatoms. The monoisotopic (exact) mass is 448 g/mol. The third-order valence-electron chi connectivity index (χ3n) is 6.89. The van der Waals surface area contributed by atoms with Crippen LogP contribution in [0.4, 0.5) is 14.5 Å². The maximum Gasteiger partial charge on any atom is 0.225 e. The molecule has 32 heavy (non-hydrogen) atoms. The Morgan fingerprint density at radius 3 is 2.34 bits per heavy atom. The summed E-state index contributed by atoms with van der Waals surface area (Å²) in [5.74, 6) is 0.658. The van der Waals surface area contributed by atoms with Crippen LogP contribution >= 0.6 is 0 Å². The standard InChI is InChI=1S/C23H34F2N6O/c1-26-23(31-15-13-29(14-16-31)21-17-19(24)5-6-20(21)25)27-7-8-28-9-11-30(12-10-28)22(32)18-3-2-4-18/h5-6,17-18H,2-4,7-16H2,1H3,(H,26,27). The fraction of sp³-hybridized carbons (Fsp3) is 0.652. The minimum Gasteiger partial charge on any atom is -0.366 e. The van der Waals surface area contributed by atoms with Crippen molar-refractivity contribution in [3.63, 3.8) is 0 Å². The second kappa shape index (κ2) is 10.5. The first-order valence-corrected chi connectivity index (χ1v) is 11.7. The summed E-state index contributed by atoms with van der Waals surface area (Å²) in [6.45, 7) is 7.75. The van der Waals surface area contributed by atoms with Crippen molar-refractivity contribution in [2.75, 3.05) is 77.4 Å². The third-order valence-corrected chi connectivity index (χ3v) is 6.89. The molecule has 1 aromatic carbocycles. The largest absolute Gasteiger partial charge is 0.366 e. The Labute approximate surface area is 189 Å². The van der Waals surface area contributed by atoms with Crippen LogP contribution in [-0.4, -0.2) is 99.1 Å². The zero-order valence-corrected chi connectivity index (χ0v) is 18.9. The van der Waals surface area contributed by atoms with Crippen LogP contribution in [0.5, 0.6) is 0 Å². The number of aliphatic imine (C=N–C) groups is 1. The van der Waals surface area contributed by atoms with Gasteiger partial charge in [0.2, 0.25) is 5.91 Å². The average molecular weight is 449 g/mol. The number of amides is 1. The van der Waals surface area contributed by atoms with Crippen molar-refractivity contribution in [1.29, 1.82) is 0 Å². The van der Waals surface area contributed by atoms with E-state index in [0.29, 0.717) is 37.8 Å². The molecule has 7 nitrogen and oxygen atoms in total. The lowest BCUT2D eigenvalue weighted by Gasteiger charge is -2.39. The fourth-order valence-corrected chi connectivity index (χ4v) is 4.65. The fourth-order valence-electron chi connectivity index (χ4n) is 4.65. The lowest BCUT2D eigenvalue weighted by molar-refractivity contribution is -0.139. The normalized spacial score (nSPS) is 21.0. The van der Waals surface area contributed by atoms with E-state index < -0.39 is 11.6 Å². The van der Waals surface area contributed by atoms with Gasteiger partial charge in [-0.2, -0.15) is 0 Å². The molecule has 0 atom stereocenters. The van der Waals surface area contributed by atoms with Crippen LogP contribution < -0.4 is 10.2 Å². The predicted molar refractivity (Wildman–Crippen MR) is 122 cm³/mol. The first-order chi connectivity index (χ1) is 15.5. The van der Waals surface area contributed by atoms with Crippen LogP contribution in [0.25, 0.3) is 0 Å².